The number of ether oxygens (including phenoxy) is 1. The molecule has 1 atom stereocenters. The highest BCUT2D eigenvalue weighted by Crippen LogP contribution is 2.32. The molecule has 0 bridgehead atoms. The first-order valence-electron chi connectivity index (χ1n) is 6.60. The van der Waals surface area contributed by atoms with Crippen LogP contribution in [0.5, 0.6) is 0 Å². The van der Waals surface area contributed by atoms with E-state index < -0.39 is 11.7 Å². The molecule has 116 valence electrons. The molecule has 0 radical (unpaired) electrons. The molecule has 2 rings (SSSR count). The van der Waals surface area contributed by atoms with E-state index in [4.69, 9.17) is 22.7 Å². The van der Waals surface area contributed by atoms with Crippen LogP contribution >= 0.6 is 12.2 Å². The van der Waals surface area contributed by atoms with Crippen LogP contribution in [0.1, 0.15) is 30.9 Å². The van der Waals surface area contributed by atoms with E-state index in [1.165, 1.54) is 6.07 Å². The Morgan fingerprint density at radius 2 is 2.19 bits per heavy atom. The molecule has 1 heterocycles. The van der Waals surface area contributed by atoms with Crippen LogP contribution in [0.4, 0.5) is 18.9 Å². The van der Waals surface area contributed by atoms with Crippen molar-refractivity contribution in [2.75, 3.05) is 18.5 Å². The molecule has 0 spiro atoms. The topological polar surface area (TPSA) is 47.3 Å². The van der Waals surface area contributed by atoms with Crippen molar-refractivity contribution < 1.29 is 17.9 Å². The molecule has 1 saturated heterocycles. The Labute approximate surface area is 126 Å². The largest absolute Gasteiger partial charge is 0.416 e. The molecule has 0 aromatic heterocycles. The van der Waals surface area contributed by atoms with Crippen molar-refractivity contribution in [3.63, 3.8) is 0 Å². The number of hydrogen-bond acceptors (Lipinski definition) is 3. The lowest BCUT2D eigenvalue weighted by Crippen LogP contribution is -2.33. The van der Waals surface area contributed by atoms with E-state index in [1.54, 1.807) is 0 Å². The highest BCUT2D eigenvalue weighted by Gasteiger charge is 2.32. The number of benzene rings is 1. The van der Waals surface area contributed by atoms with E-state index in [1.807, 2.05) is 6.92 Å². The maximum atomic E-state index is 12.7. The number of rotatable bonds is 4. The number of thiocarbonyl (C=S) groups is 1. The predicted molar refractivity (Wildman–Crippen MR) is 79.4 cm³/mol. The Bertz CT molecular complexity index is 540. The number of nitrogens with one attached hydrogen (secondary N) is 1. The average molecular weight is 318 g/mol. The first-order chi connectivity index (χ1) is 9.71. The molecule has 1 aromatic carbocycles. The van der Waals surface area contributed by atoms with Crippen LogP contribution in [0.25, 0.3) is 0 Å². The van der Waals surface area contributed by atoms with Crippen LogP contribution in [0.15, 0.2) is 18.2 Å². The zero-order valence-electron chi connectivity index (χ0n) is 11.6. The van der Waals surface area contributed by atoms with Gasteiger partial charge in [0.2, 0.25) is 0 Å². The van der Waals surface area contributed by atoms with Crippen LogP contribution in [0.2, 0.25) is 0 Å². The molecule has 7 heteroatoms. The van der Waals surface area contributed by atoms with Crippen molar-refractivity contribution in [2.24, 2.45) is 5.73 Å². The van der Waals surface area contributed by atoms with Gasteiger partial charge in [-0.1, -0.05) is 12.2 Å². The first kappa shape index (κ1) is 16.0. The van der Waals surface area contributed by atoms with Gasteiger partial charge in [-0.2, -0.15) is 13.2 Å². The Morgan fingerprint density at radius 1 is 1.48 bits per heavy atom. The summed E-state index contributed by atoms with van der Waals surface area (Å²) in [5, 5.41) is 3.10. The molecule has 21 heavy (non-hydrogen) atoms. The number of alkyl halides is 3. The lowest BCUT2D eigenvalue weighted by molar-refractivity contribution is -0.137. The maximum absolute atomic E-state index is 12.7. The van der Waals surface area contributed by atoms with Crippen molar-refractivity contribution in [3.05, 3.63) is 29.3 Å². The molecule has 1 aliphatic rings. The normalized spacial score (nSPS) is 22.3. The molecule has 1 aliphatic heterocycles. The fourth-order valence-electron chi connectivity index (χ4n) is 2.34. The second-order valence-electron chi connectivity index (χ2n) is 5.38. The van der Waals surface area contributed by atoms with Crippen LogP contribution in [0.3, 0.4) is 0 Å². The summed E-state index contributed by atoms with van der Waals surface area (Å²) in [6, 6.07) is 3.35. The van der Waals surface area contributed by atoms with Gasteiger partial charge in [-0.3, -0.25) is 0 Å². The quantitative estimate of drug-likeness (QED) is 0.836. The van der Waals surface area contributed by atoms with E-state index >= 15 is 0 Å². The Hall–Kier alpha value is -1.34. The summed E-state index contributed by atoms with van der Waals surface area (Å²) in [5.41, 5.74) is 5.15. The lowest BCUT2D eigenvalue weighted by atomic mass is 10.0. The van der Waals surface area contributed by atoms with Gasteiger partial charge in [0.05, 0.1) is 11.2 Å². The molecular weight excluding hydrogens is 301 g/mol. The summed E-state index contributed by atoms with van der Waals surface area (Å²) in [6.07, 6.45) is -2.53. The van der Waals surface area contributed by atoms with Gasteiger partial charge in [-0.25, -0.2) is 0 Å². The summed E-state index contributed by atoms with van der Waals surface area (Å²) in [7, 11) is 0. The third kappa shape index (κ3) is 3.85. The maximum Gasteiger partial charge on any atom is 0.416 e. The van der Waals surface area contributed by atoms with Gasteiger partial charge in [0.25, 0.3) is 0 Å². The standard InChI is InChI=1S/C14H17F3N2OS/c1-13(5-2-6-20-13)8-19-11-4-3-9(14(15,16)17)7-10(11)12(18)21/h3-4,7,19H,2,5-6,8H2,1H3,(H2,18,21). The summed E-state index contributed by atoms with van der Waals surface area (Å²) < 4.78 is 43.8. The number of hydrogen-bond donors (Lipinski definition) is 2. The molecular formula is C14H17F3N2OS. The molecule has 1 aromatic rings. The van der Waals surface area contributed by atoms with Crippen LogP contribution in [0, 0.1) is 0 Å². The van der Waals surface area contributed by atoms with E-state index in [0.29, 0.717) is 18.8 Å². The fraction of sp³-hybridized carbons (Fsp3) is 0.500. The predicted octanol–water partition coefficient (Wildman–Crippen LogP) is 3.32. The summed E-state index contributed by atoms with van der Waals surface area (Å²) in [5.74, 6) is 0. The Balaban J connectivity index is 2.21. The number of halogens is 3. The second-order valence-corrected chi connectivity index (χ2v) is 5.82. The van der Waals surface area contributed by atoms with Crippen molar-refractivity contribution in [3.8, 4) is 0 Å². The smallest absolute Gasteiger partial charge is 0.389 e. The van der Waals surface area contributed by atoms with Gasteiger partial charge >= 0.3 is 6.18 Å². The monoisotopic (exact) mass is 318 g/mol. The third-order valence-corrected chi connectivity index (χ3v) is 3.79. The minimum atomic E-state index is -4.42. The molecule has 0 amide bonds. The van der Waals surface area contributed by atoms with Crippen LogP contribution in [-0.4, -0.2) is 23.7 Å². The zero-order chi connectivity index (χ0) is 15.7. The van der Waals surface area contributed by atoms with Crippen molar-refractivity contribution in [1.29, 1.82) is 0 Å². The SMILES string of the molecule is CC1(CNc2ccc(C(F)(F)F)cc2C(N)=S)CCCO1. The summed E-state index contributed by atoms with van der Waals surface area (Å²) >= 11 is 4.85. The van der Waals surface area contributed by atoms with Gasteiger partial charge in [0.15, 0.2) is 0 Å². The van der Waals surface area contributed by atoms with Crippen LogP contribution < -0.4 is 11.1 Å². The molecule has 3 nitrogen and oxygen atoms in total. The van der Waals surface area contributed by atoms with E-state index in [0.717, 1.165) is 25.0 Å². The highest BCUT2D eigenvalue weighted by atomic mass is 32.1. The first-order valence-corrected chi connectivity index (χ1v) is 7.01. The minimum Gasteiger partial charge on any atom is -0.389 e. The Morgan fingerprint density at radius 3 is 2.71 bits per heavy atom. The second kappa shape index (κ2) is 5.81. The fourth-order valence-corrected chi connectivity index (χ4v) is 2.51. The van der Waals surface area contributed by atoms with Gasteiger partial charge in [0.1, 0.15) is 4.99 Å². The van der Waals surface area contributed by atoms with Crippen molar-refractivity contribution in [1.82, 2.24) is 0 Å². The van der Waals surface area contributed by atoms with Crippen molar-refractivity contribution >= 4 is 22.9 Å². The average Bonchev–Trinajstić information content (AvgIpc) is 2.82. The van der Waals surface area contributed by atoms with Crippen LogP contribution in [-0.2, 0) is 10.9 Å². The van der Waals surface area contributed by atoms with E-state index in [9.17, 15) is 13.2 Å². The van der Waals surface area contributed by atoms with Gasteiger partial charge in [-0.05, 0) is 38.0 Å². The molecule has 0 aliphatic carbocycles. The number of nitrogens with two attached hydrogens (primary N) is 1. The minimum absolute atomic E-state index is 0.0684. The lowest BCUT2D eigenvalue weighted by Gasteiger charge is -2.25. The van der Waals surface area contributed by atoms with E-state index in [-0.39, 0.29) is 16.2 Å². The van der Waals surface area contributed by atoms with Gasteiger partial charge < -0.3 is 15.8 Å². The van der Waals surface area contributed by atoms with Gasteiger partial charge in [0, 0.05) is 24.4 Å². The van der Waals surface area contributed by atoms with Crippen molar-refractivity contribution in [2.45, 2.75) is 31.5 Å². The molecule has 3 N–H and O–H groups in total. The Kier molecular flexibility index (Phi) is 4.43. The van der Waals surface area contributed by atoms with E-state index in [2.05, 4.69) is 5.32 Å². The highest BCUT2D eigenvalue weighted by molar-refractivity contribution is 7.80. The molecule has 1 fully saturated rings. The summed E-state index contributed by atoms with van der Waals surface area (Å²) in [6.45, 7) is 3.17. The third-order valence-electron chi connectivity index (χ3n) is 3.57. The molecule has 1 unspecified atom stereocenters. The van der Waals surface area contributed by atoms with Gasteiger partial charge in [-0.15, -0.1) is 0 Å². The summed E-state index contributed by atoms with van der Waals surface area (Å²) in [4.78, 5) is -0.0684. The number of anilines is 1. The molecule has 0 saturated carbocycles. The zero-order valence-corrected chi connectivity index (χ0v) is 12.4.